The number of phosphoric acid groups is 1. The summed E-state index contributed by atoms with van der Waals surface area (Å²) in [5, 5.41) is 26.2. The second-order valence-electron chi connectivity index (χ2n) is 13.9. The van der Waals surface area contributed by atoms with E-state index < -0.39 is 33.2 Å². The molecule has 52 heavy (non-hydrogen) atoms. The number of rotatable bonds is 37. The number of phosphoric ester groups is 1. The zero-order chi connectivity index (χ0) is 39.0. The number of ether oxygens (including phenoxy) is 2. The maximum Gasteiger partial charge on any atom is 0.469 e. The van der Waals surface area contributed by atoms with Gasteiger partial charge in [-0.2, -0.15) is 0 Å². The fourth-order valence-corrected chi connectivity index (χ4v) is 5.86. The molecule has 2 atom stereocenters. The number of allylic oxidation sites excluding steroid dienone is 2. The average molecular weight is 767 g/mol. The first kappa shape index (κ1) is 52.8. The lowest BCUT2D eigenvalue weighted by atomic mass is 10.0. The van der Waals surface area contributed by atoms with Crippen molar-refractivity contribution in [3.8, 4) is 0 Å². The highest BCUT2D eigenvalue weighted by Crippen LogP contribution is 2.35. The van der Waals surface area contributed by atoms with E-state index in [2.05, 4.69) is 30.5 Å². The van der Waals surface area contributed by atoms with Crippen LogP contribution in [-0.4, -0.2) is 75.7 Å². The van der Waals surface area contributed by atoms with Crippen LogP contribution < -0.4 is 0 Å². The molecule has 0 aliphatic rings. The number of aliphatic hydroxyl groups excluding tert-OH is 3. The van der Waals surface area contributed by atoms with Crippen LogP contribution in [0.2, 0.25) is 0 Å². The van der Waals surface area contributed by atoms with E-state index in [1.54, 1.807) is 0 Å². The number of aliphatic hydroxyl groups is 3. The van der Waals surface area contributed by atoms with Crippen LogP contribution in [-0.2, 0) is 28.2 Å². The Bertz CT molecular complexity index is 849. The third-order valence-electron chi connectivity index (χ3n) is 8.70. The van der Waals surface area contributed by atoms with Gasteiger partial charge in [-0.15, -0.1) is 0 Å². The molecule has 0 fully saturated rings. The molecule has 0 radical (unpaired) electrons. The Kier molecular flexibility index (Phi) is 41.5. The maximum absolute atomic E-state index is 12.1. The molecule has 0 spiro atoms. The van der Waals surface area contributed by atoms with E-state index in [-0.39, 0.29) is 25.2 Å². The van der Waals surface area contributed by atoms with Gasteiger partial charge in [0.15, 0.2) is 6.10 Å². The van der Waals surface area contributed by atoms with Gasteiger partial charge >= 0.3 is 19.8 Å². The van der Waals surface area contributed by atoms with Gasteiger partial charge in [-0.1, -0.05) is 154 Å². The summed E-state index contributed by atoms with van der Waals surface area (Å²) in [4.78, 5) is 40.3. The molecule has 0 aliphatic heterocycles. The predicted molar refractivity (Wildman–Crippen MR) is 209 cm³/mol. The van der Waals surface area contributed by atoms with Gasteiger partial charge < -0.3 is 34.6 Å². The molecular weight excluding hydrogens is 687 g/mol. The van der Waals surface area contributed by atoms with E-state index >= 15 is 0 Å². The van der Waals surface area contributed by atoms with E-state index in [0.29, 0.717) is 12.8 Å². The summed E-state index contributed by atoms with van der Waals surface area (Å²) >= 11 is 0. The number of esters is 2. The highest BCUT2D eigenvalue weighted by atomic mass is 31.2. The molecule has 0 saturated carbocycles. The number of unbranched alkanes of at least 4 members (excludes halogenated alkanes) is 23. The van der Waals surface area contributed by atoms with E-state index in [9.17, 15) is 19.3 Å². The highest BCUT2D eigenvalue weighted by Gasteiger charge is 2.17. The van der Waals surface area contributed by atoms with Crippen molar-refractivity contribution in [1.82, 2.24) is 0 Å². The van der Waals surface area contributed by atoms with Crippen LogP contribution in [0.25, 0.3) is 0 Å². The molecule has 0 amide bonds. The zero-order valence-electron chi connectivity index (χ0n) is 33.1. The van der Waals surface area contributed by atoms with Gasteiger partial charge in [-0.25, -0.2) is 4.57 Å². The van der Waals surface area contributed by atoms with Crippen LogP contribution >= 0.6 is 7.82 Å². The molecule has 0 aromatic heterocycles. The first-order valence-electron chi connectivity index (χ1n) is 20.7. The predicted octanol–water partition coefficient (Wildman–Crippen LogP) is 9.40. The minimum Gasteiger partial charge on any atom is -0.462 e. The lowest BCUT2D eigenvalue weighted by Gasteiger charge is -2.15. The molecule has 0 aromatic carbocycles. The van der Waals surface area contributed by atoms with Crippen LogP contribution in [0.15, 0.2) is 12.2 Å². The van der Waals surface area contributed by atoms with Gasteiger partial charge in [-0.05, 0) is 38.5 Å². The van der Waals surface area contributed by atoms with Gasteiger partial charge in [0.2, 0.25) is 0 Å². The second kappa shape index (κ2) is 40.8. The van der Waals surface area contributed by atoms with Crippen molar-refractivity contribution in [3.63, 3.8) is 0 Å². The SMILES string of the molecule is CCCCCCCC/C=C\CCCCCCCC(=O)O[C@@H](CO)COC(=O)CCCCCCCCCCCCCCC.O=P(O)(O)OCC(O)CO. The molecule has 310 valence electrons. The standard InChI is InChI=1S/C37H70O5.C3H9O6P/c1-3-5-7-9-11-13-15-17-18-20-22-24-26-28-30-32-37(40)42-35(33-38)34-41-36(39)31-29-27-25-23-21-19-16-14-12-10-8-6-4-2;4-1-3(5)2-9-10(6,7)8/h17-18,35,38H,3-16,19-34H2,1-2H3;3-5H,1-2H2,(H2,6,7,8)/b18-17-;/t35-;/m0./s1. The third-order valence-corrected chi connectivity index (χ3v) is 9.19. The summed E-state index contributed by atoms with van der Waals surface area (Å²) in [6, 6.07) is 0. The van der Waals surface area contributed by atoms with Crippen molar-refractivity contribution in [2.75, 3.05) is 26.4 Å². The van der Waals surface area contributed by atoms with Crippen molar-refractivity contribution in [2.24, 2.45) is 0 Å². The van der Waals surface area contributed by atoms with Crippen molar-refractivity contribution in [1.29, 1.82) is 0 Å². The van der Waals surface area contributed by atoms with Gasteiger partial charge in [0.05, 0.1) is 19.8 Å². The molecule has 0 aromatic rings. The Balaban J connectivity index is 0. The summed E-state index contributed by atoms with van der Waals surface area (Å²) < 4.78 is 24.3. The molecule has 0 heterocycles. The minimum absolute atomic E-state index is 0.0636. The molecule has 12 heteroatoms. The lowest BCUT2D eigenvalue weighted by molar-refractivity contribution is -0.161. The van der Waals surface area contributed by atoms with Crippen molar-refractivity contribution in [3.05, 3.63) is 12.2 Å². The van der Waals surface area contributed by atoms with Gasteiger partial charge in [0, 0.05) is 12.8 Å². The molecule has 0 rings (SSSR count). The second-order valence-corrected chi connectivity index (χ2v) is 15.2. The monoisotopic (exact) mass is 767 g/mol. The zero-order valence-corrected chi connectivity index (χ0v) is 34.0. The summed E-state index contributed by atoms with van der Waals surface area (Å²) in [6.07, 6.45) is 35.7. The Morgan fingerprint density at radius 1 is 0.558 bits per heavy atom. The van der Waals surface area contributed by atoms with E-state index in [4.69, 9.17) is 29.5 Å². The summed E-state index contributed by atoms with van der Waals surface area (Å²) in [6.45, 7) is 2.97. The molecule has 5 N–H and O–H groups in total. The van der Waals surface area contributed by atoms with E-state index in [1.807, 2.05) is 0 Å². The Morgan fingerprint density at radius 2 is 0.942 bits per heavy atom. The Hall–Kier alpha value is -1.33. The van der Waals surface area contributed by atoms with Gasteiger partial charge in [0.1, 0.15) is 12.7 Å². The van der Waals surface area contributed by atoms with Crippen LogP contribution in [0.3, 0.4) is 0 Å². The summed E-state index contributed by atoms with van der Waals surface area (Å²) in [5.74, 6) is -0.593. The summed E-state index contributed by atoms with van der Waals surface area (Å²) in [5.41, 5.74) is 0. The number of hydrogen-bond acceptors (Lipinski definition) is 9. The van der Waals surface area contributed by atoms with E-state index in [0.717, 1.165) is 44.9 Å². The number of hydrogen-bond donors (Lipinski definition) is 5. The maximum atomic E-state index is 12.1. The third kappa shape index (κ3) is 44.8. The topological polar surface area (TPSA) is 180 Å². The smallest absolute Gasteiger partial charge is 0.462 e. The molecule has 0 aliphatic carbocycles. The van der Waals surface area contributed by atoms with Gasteiger partial charge in [0.25, 0.3) is 0 Å². The van der Waals surface area contributed by atoms with Crippen LogP contribution in [0, 0.1) is 0 Å². The van der Waals surface area contributed by atoms with Crippen LogP contribution in [0.5, 0.6) is 0 Å². The van der Waals surface area contributed by atoms with Crippen molar-refractivity contribution in [2.45, 2.75) is 206 Å². The summed E-state index contributed by atoms with van der Waals surface area (Å²) in [7, 11) is -4.50. The molecule has 11 nitrogen and oxygen atoms in total. The average Bonchev–Trinajstić information content (AvgIpc) is 3.12. The fourth-order valence-electron chi connectivity index (χ4n) is 5.49. The molecule has 0 bridgehead atoms. The molecule has 0 saturated heterocycles. The number of carbonyl (C=O) groups is 2. The largest absolute Gasteiger partial charge is 0.469 e. The minimum atomic E-state index is -4.50. The molecular formula is C40H79O11P. The first-order valence-corrected chi connectivity index (χ1v) is 22.2. The van der Waals surface area contributed by atoms with E-state index in [1.165, 1.54) is 122 Å². The Labute approximate surface area is 316 Å². The Morgan fingerprint density at radius 3 is 1.33 bits per heavy atom. The quantitative estimate of drug-likeness (QED) is 0.0176. The van der Waals surface area contributed by atoms with Crippen LogP contribution in [0.1, 0.15) is 194 Å². The van der Waals surface area contributed by atoms with Crippen molar-refractivity contribution < 1.29 is 53.3 Å². The van der Waals surface area contributed by atoms with Crippen molar-refractivity contribution >= 4 is 19.8 Å². The normalized spacial score (nSPS) is 12.8. The van der Waals surface area contributed by atoms with Crippen LogP contribution in [0.4, 0.5) is 0 Å². The lowest BCUT2D eigenvalue weighted by Crippen LogP contribution is -2.28. The first-order chi connectivity index (χ1) is 25.1. The highest BCUT2D eigenvalue weighted by molar-refractivity contribution is 7.46. The van der Waals surface area contributed by atoms with Gasteiger partial charge in [-0.3, -0.25) is 14.1 Å². The number of carbonyl (C=O) groups excluding carboxylic acids is 2. The molecule has 1 unspecified atom stereocenters. The fraction of sp³-hybridized carbons (Fsp3) is 0.900.